The molecule has 1 aromatic heterocycles. The second kappa shape index (κ2) is 8.37. The zero-order chi connectivity index (χ0) is 24.1. The van der Waals surface area contributed by atoms with Crippen LogP contribution >= 0.6 is 0 Å². The van der Waals surface area contributed by atoms with Gasteiger partial charge in [-0.15, -0.1) is 0 Å². The first-order chi connectivity index (χ1) is 16.3. The van der Waals surface area contributed by atoms with Crippen molar-refractivity contribution >= 4 is 16.8 Å². The molecule has 2 aliphatic carbocycles. The molecule has 3 aromatic rings. The van der Waals surface area contributed by atoms with E-state index in [0.717, 1.165) is 33.7 Å². The van der Waals surface area contributed by atoms with E-state index in [4.69, 9.17) is 9.47 Å². The molecule has 2 saturated carbocycles. The lowest BCUT2D eigenvalue weighted by Gasteiger charge is -2.43. The number of rotatable bonds is 7. The predicted molar refractivity (Wildman–Crippen MR) is 136 cm³/mol. The summed E-state index contributed by atoms with van der Waals surface area (Å²) in [6, 6.07) is 15.9. The Balaban J connectivity index is 1.47. The first kappa shape index (κ1) is 22.8. The van der Waals surface area contributed by atoms with Crippen LogP contribution in [0.4, 0.5) is 0 Å². The number of aromatic nitrogens is 1. The fraction of sp³-hybridized carbons (Fsp3) is 0.483. The molecule has 34 heavy (non-hydrogen) atoms. The lowest BCUT2D eigenvalue weighted by atomic mass is 9.68. The summed E-state index contributed by atoms with van der Waals surface area (Å²) in [5.74, 6) is 2.31. The molecule has 1 heterocycles. The number of para-hydroxylation sites is 2. The van der Waals surface area contributed by atoms with Crippen molar-refractivity contribution < 1.29 is 14.3 Å². The van der Waals surface area contributed by atoms with E-state index in [0.29, 0.717) is 19.1 Å². The number of carbonyl (C=O) groups excluding carboxylic acids is 1. The molecule has 3 unspecified atom stereocenters. The number of ether oxygens (including phenoxy) is 2. The molecule has 2 bridgehead atoms. The topological polar surface area (TPSA) is 52.5 Å². The van der Waals surface area contributed by atoms with E-state index in [1.165, 1.54) is 19.3 Å². The van der Waals surface area contributed by atoms with Crippen LogP contribution in [0.2, 0.25) is 0 Å². The van der Waals surface area contributed by atoms with Gasteiger partial charge in [0.05, 0.1) is 24.7 Å². The average Bonchev–Trinajstić information content (AvgIpc) is 3.41. The van der Waals surface area contributed by atoms with Gasteiger partial charge < -0.3 is 19.4 Å². The summed E-state index contributed by atoms with van der Waals surface area (Å²) >= 11 is 0. The maximum absolute atomic E-state index is 13.9. The third-order valence-corrected chi connectivity index (χ3v) is 8.62. The molecule has 2 aliphatic rings. The molecule has 0 spiro atoms. The minimum Gasteiger partial charge on any atom is -0.495 e. The minimum atomic E-state index is 0.0188. The Morgan fingerprint density at radius 1 is 1.12 bits per heavy atom. The van der Waals surface area contributed by atoms with Gasteiger partial charge in [-0.3, -0.25) is 4.79 Å². The molecule has 5 heteroatoms. The van der Waals surface area contributed by atoms with Gasteiger partial charge in [-0.1, -0.05) is 51.1 Å². The minimum absolute atomic E-state index is 0.0188. The van der Waals surface area contributed by atoms with E-state index in [9.17, 15) is 4.79 Å². The highest BCUT2D eigenvalue weighted by atomic mass is 16.5. The van der Waals surface area contributed by atoms with Crippen molar-refractivity contribution in [3.8, 4) is 11.5 Å². The van der Waals surface area contributed by atoms with Crippen molar-refractivity contribution in [2.24, 2.45) is 16.7 Å². The van der Waals surface area contributed by atoms with Crippen LogP contribution < -0.4 is 14.8 Å². The number of amides is 1. The first-order valence-electron chi connectivity index (χ1n) is 12.4. The van der Waals surface area contributed by atoms with Gasteiger partial charge in [0.15, 0.2) is 0 Å². The van der Waals surface area contributed by atoms with Crippen molar-refractivity contribution in [1.29, 1.82) is 0 Å². The van der Waals surface area contributed by atoms with Crippen LogP contribution in [0.1, 0.15) is 56.1 Å². The maximum atomic E-state index is 13.9. The van der Waals surface area contributed by atoms with Crippen LogP contribution in [0.15, 0.2) is 48.5 Å². The number of hydrogen-bond acceptors (Lipinski definition) is 3. The Bertz CT molecular complexity index is 1210. The van der Waals surface area contributed by atoms with Gasteiger partial charge in [-0.05, 0) is 61.1 Å². The zero-order valence-corrected chi connectivity index (χ0v) is 21.0. The fourth-order valence-electron chi connectivity index (χ4n) is 6.87. The Morgan fingerprint density at radius 3 is 2.56 bits per heavy atom. The number of benzene rings is 2. The van der Waals surface area contributed by atoms with E-state index in [-0.39, 0.29) is 22.8 Å². The Kier molecular flexibility index (Phi) is 5.62. The average molecular weight is 461 g/mol. The van der Waals surface area contributed by atoms with Crippen molar-refractivity contribution in [2.75, 3.05) is 13.7 Å². The predicted octanol–water partition coefficient (Wildman–Crippen LogP) is 5.98. The molecule has 1 N–H and O–H groups in total. The number of carbonyl (C=O) groups is 1. The van der Waals surface area contributed by atoms with Gasteiger partial charge in [-0.25, -0.2) is 0 Å². The van der Waals surface area contributed by atoms with Gasteiger partial charge in [0.1, 0.15) is 18.1 Å². The SMILES string of the molecule is COc1cccc2c(C(=O)NC3C4(C)CCC(C4)C3(C)C)c(C)n(CCOc3ccccc3)c12. The molecule has 2 aromatic carbocycles. The molecule has 180 valence electrons. The summed E-state index contributed by atoms with van der Waals surface area (Å²) in [4.78, 5) is 13.9. The molecule has 5 rings (SSSR count). The van der Waals surface area contributed by atoms with E-state index >= 15 is 0 Å². The molecule has 2 fully saturated rings. The second-order valence-electron chi connectivity index (χ2n) is 11.0. The lowest BCUT2D eigenvalue weighted by Crippen LogP contribution is -2.52. The number of fused-ring (bicyclic) bond motifs is 3. The van der Waals surface area contributed by atoms with Crippen molar-refractivity contribution in [2.45, 2.75) is 59.5 Å². The van der Waals surface area contributed by atoms with Crippen molar-refractivity contribution in [1.82, 2.24) is 9.88 Å². The Morgan fingerprint density at radius 2 is 1.88 bits per heavy atom. The van der Waals surface area contributed by atoms with Crippen LogP contribution in [-0.4, -0.2) is 30.2 Å². The summed E-state index contributed by atoms with van der Waals surface area (Å²) in [6.07, 6.45) is 3.67. The van der Waals surface area contributed by atoms with Crippen LogP contribution in [0.5, 0.6) is 11.5 Å². The van der Waals surface area contributed by atoms with Crippen LogP contribution in [0.25, 0.3) is 10.9 Å². The molecular weight excluding hydrogens is 424 g/mol. The molecule has 0 aliphatic heterocycles. The summed E-state index contributed by atoms with van der Waals surface area (Å²) in [7, 11) is 1.68. The largest absolute Gasteiger partial charge is 0.495 e. The second-order valence-corrected chi connectivity index (χ2v) is 11.0. The number of methoxy groups -OCH3 is 1. The highest BCUT2D eigenvalue weighted by molar-refractivity contribution is 6.10. The van der Waals surface area contributed by atoms with Crippen molar-refractivity contribution in [3.63, 3.8) is 0 Å². The third kappa shape index (κ3) is 3.57. The van der Waals surface area contributed by atoms with E-state index < -0.39 is 0 Å². The molecule has 0 saturated heterocycles. The van der Waals surface area contributed by atoms with Gasteiger partial charge in [0.25, 0.3) is 5.91 Å². The van der Waals surface area contributed by atoms with Gasteiger partial charge in [0.2, 0.25) is 0 Å². The van der Waals surface area contributed by atoms with E-state index in [1.807, 2.05) is 55.5 Å². The highest BCUT2D eigenvalue weighted by Gasteiger charge is 2.59. The van der Waals surface area contributed by atoms with Crippen LogP contribution in [0, 0.1) is 23.7 Å². The number of nitrogens with one attached hydrogen (secondary N) is 1. The monoisotopic (exact) mass is 460 g/mol. The molecule has 5 nitrogen and oxygen atoms in total. The van der Waals surface area contributed by atoms with Crippen LogP contribution in [0.3, 0.4) is 0 Å². The van der Waals surface area contributed by atoms with Gasteiger partial charge in [-0.2, -0.15) is 0 Å². The summed E-state index contributed by atoms with van der Waals surface area (Å²) in [5.41, 5.74) is 2.92. The van der Waals surface area contributed by atoms with Crippen molar-refractivity contribution in [3.05, 3.63) is 59.8 Å². The smallest absolute Gasteiger partial charge is 0.253 e. The third-order valence-electron chi connectivity index (χ3n) is 8.62. The first-order valence-corrected chi connectivity index (χ1v) is 12.4. The standard InChI is InChI=1S/C29H36N2O3/c1-19-24(26(32)30-27-28(2,3)20-14-15-29(27,4)18-20)22-12-9-13-23(33-5)25(22)31(19)16-17-34-21-10-7-6-8-11-21/h6-13,20,27H,14-18H2,1-5H3,(H,30,32). The Hall–Kier alpha value is -2.95. The fourth-order valence-corrected chi connectivity index (χ4v) is 6.87. The maximum Gasteiger partial charge on any atom is 0.253 e. The highest BCUT2D eigenvalue weighted by Crippen LogP contribution is 2.62. The zero-order valence-electron chi connectivity index (χ0n) is 21.0. The normalized spacial score (nSPS) is 25.0. The lowest BCUT2D eigenvalue weighted by molar-refractivity contribution is 0.0738. The Labute approximate surface area is 202 Å². The summed E-state index contributed by atoms with van der Waals surface area (Å²) in [5, 5.41) is 4.43. The summed E-state index contributed by atoms with van der Waals surface area (Å²) < 4.78 is 13.9. The molecule has 3 atom stereocenters. The van der Waals surface area contributed by atoms with Gasteiger partial charge in [0, 0.05) is 17.1 Å². The van der Waals surface area contributed by atoms with E-state index in [2.05, 4.69) is 30.7 Å². The molecule has 0 radical (unpaired) electrons. The number of nitrogens with zero attached hydrogens (tertiary/aromatic N) is 1. The molecule has 1 amide bonds. The van der Waals surface area contributed by atoms with Crippen LogP contribution in [-0.2, 0) is 6.54 Å². The molecular formula is C29H36N2O3. The number of hydrogen-bond donors (Lipinski definition) is 1. The quantitative estimate of drug-likeness (QED) is 0.472. The summed E-state index contributed by atoms with van der Waals surface area (Å²) in [6.45, 7) is 10.2. The van der Waals surface area contributed by atoms with Gasteiger partial charge >= 0.3 is 0 Å². The van der Waals surface area contributed by atoms with E-state index in [1.54, 1.807) is 7.11 Å².